The largest absolute Gasteiger partial charge is 0.494 e. The predicted molar refractivity (Wildman–Crippen MR) is 79.6 cm³/mol. The molecule has 0 atom stereocenters. The number of benzene rings is 2. The van der Waals surface area contributed by atoms with Gasteiger partial charge in [-0.05, 0) is 49.4 Å². The van der Waals surface area contributed by atoms with Crippen LogP contribution in [0.25, 0.3) is 0 Å². The summed E-state index contributed by atoms with van der Waals surface area (Å²) in [5, 5.41) is 0. The second-order valence-electron chi connectivity index (χ2n) is 4.06. The minimum Gasteiger partial charge on any atom is -0.494 e. The van der Waals surface area contributed by atoms with Gasteiger partial charge in [-0.1, -0.05) is 15.9 Å². The Kier molecular flexibility index (Phi) is 4.22. The van der Waals surface area contributed by atoms with E-state index in [1.165, 1.54) is 0 Å². The number of nitrogens with two attached hydrogens (primary N) is 1. The Hall–Kier alpha value is -1.81. The minimum absolute atomic E-state index is 0.0592. The molecule has 0 spiro atoms. The van der Waals surface area contributed by atoms with E-state index in [0.717, 1.165) is 10.2 Å². The molecule has 98 valence electrons. The molecule has 3 nitrogen and oxygen atoms in total. The first kappa shape index (κ1) is 13.6. The van der Waals surface area contributed by atoms with Crippen LogP contribution in [0.4, 0.5) is 5.69 Å². The van der Waals surface area contributed by atoms with E-state index in [-0.39, 0.29) is 5.78 Å². The van der Waals surface area contributed by atoms with Gasteiger partial charge in [-0.25, -0.2) is 0 Å². The van der Waals surface area contributed by atoms with E-state index < -0.39 is 0 Å². The highest BCUT2D eigenvalue weighted by molar-refractivity contribution is 9.10. The van der Waals surface area contributed by atoms with Crippen molar-refractivity contribution in [2.45, 2.75) is 6.92 Å². The van der Waals surface area contributed by atoms with Gasteiger partial charge in [0.1, 0.15) is 5.75 Å². The van der Waals surface area contributed by atoms with Crippen LogP contribution in [0.5, 0.6) is 5.75 Å². The molecule has 2 rings (SSSR count). The second-order valence-corrected chi connectivity index (χ2v) is 4.98. The summed E-state index contributed by atoms with van der Waals surface area (Å²) in [4.78, 5) is 12.3. The number of rotatable bonds is 4. The molecule has 0 radical (unpaired) electrons. The summed E-state index contributed by atoms with van der Waals surface area (Å²) in [7, 11) is 0. The molecule has 0 aliphatic carbocycles. The average Bonchev–Trinajstić information content (AvgIpc) is 2.38. The van der Waals surface area contributed by atoms with Crippen LogP contribution in [0.1, 0.15) is 22.8 Å². The molecular weight excluding hydrogens is 306 g/mol. The molecule has 0 aliphatic rings. The first-order chi connectivity index (χ1) is 9.10. The highest BCUT2D eigenvalue weighted by Gasteiger charge is 2.10. The van der Waals surface area contributed by atoms with E-state index in [4.69, 9.17) is 10.5 Å². The molecule has 0 aromatic heterocycles. The van der Waals surface area contributed by atoms with Crippen LogP contribution in [0.2, 0.25) is 0 Å². The smallest absolute Gasteiger partial charge is 0.193 e. The number of halogens is 1. The maximum absolute atomic E-state index is 12.3. The minimum atomic E-state index is -0.0592. The van der Waals surface area contributed by atoms with Gasteiger partial charge >= 0.3 is 0 Å². The Bertz CT molecular complexity index is 573. The molecule has 2 aromatic carbocycles. The maximum atomic E-state index is 12.3. The lowest BCUT2D eigenvalue weighted by atomic mass is 10.0. The van der Waals surface area contributed by atoms with Crippen molar-refractivity contribution < 1.29 is 9.53 Å². The van der Waals surface area contributed by atoms with Gasteiger partial charge in [0.25, 0.3) is 0 Å². The van der Waals surface area contributed by atoms with Crippen molar-refractivity contribution in [1.82, 2.24) is 0 Å². The van der Waals surface area contributed by atoms with Crippen LogP contribution in [0.15, 0.2) is 46.9 Å². The molecule has 0 saturated heterocycles. The number of nitrogen functional groups attached to an aromatic ring is 1. The summed E-state index contributed by atoms with van der Waals surface area (Å²) in [6.45, 7) is 2.53. The summed E-state index contributed by atoms with van der Waals surface area (Å²) in [5.74, 6) is 0.698. The van der Waals surface area contributed by atoms with Crippen LogP contribution in [0, 0.1) is 0 Å². The Morgan fingerprint density at radius 1 is 1.16 bits per heavy atom. The van der Waals surface area contributed by atoms with Crippen LogP contribution in [0.3, 0.4) is 0 Å². The predicted octanol–water partition coefficient (Wildman–Crippen LogP) is 3.66. The van der Waals surface area contributed by atoms with Crippen LogP contribution >= 0.6 is 15.9 Å². The first-order valence-corrected chi connectivity index (χ1v) is 6.73. The lowest BCUT2D eigenvalue weighted by Gasteiger charge is -2.06. The number of carbonyl (C=O) groups excluding carboxylic acids is 1. The molecule has 4 heteroatoms. The molecule has 0 bridgehead atoms. The Morgan fingerprint density at radius 3 is 2.42 bits per heavy atom. The van der Waals surface area contributed by atoms with E-state index >= 15 is 0 Å². The average molecular weight is 320 g/mol. The zero-order valence-corrected chi connectivity index (χ0v) is 12.1. The van der Waals surface area contributed by atoms with Crippen molar-refractivity contribution in [2.24, 2.45) is 0 Å². The van der Waals surface area contributed by atoms with Crippen molar-refractivity contribution in [3.63, 3.8) is 0 Å². The summed E-state index contributed by atoms with van der Waals surface area (Å²) < 4.78 is 6.14. The van der Waals surface area contributed by atoms with Crippen molar-refractivity contribution in [2.75, 3.05) is 12.3 Å². The van der Waals surface area contributed by atoms with Gasteiger partial charge in [0.05, 0.1) is 6.61 Å². The summed E-state index contributed by atoms with van der Waals surface area (Å²) in [6.07, 6.45) is 0. The third-order valence-corrected chi connectivity index (χ3v) is 3.07. The van der Waals surface area contributed by atoms with Gasteiger partial charge < -0.3 is 10.5 Å². The third-order valence-electron chi connectivity index (χ3n) is 2.61. The van der Waals surface area contributed by atoms with Crippen LogP contribution < -0.4 is 10.5 Å². The fraction of sp³-hybridized carbons (Fsp3) is 0.133. The van der Waals surface area contributed by atoms with Gasteiger partial charge in [-0.3, -0.25) is 4.79 Å². The molecule has 2 aromatic rings. The second kappa shape index (κ2) is 5.89. The fourth-order valence-corrected chi connectivity index (χ4v) is 2.29. The van der Waals surface area contributed by atoms with Gasteiger partial charge in [-0.15, -0.1) is 0 Å². The van der Waals surface area contributed by atoms with Gasteiger partial charge in [0.2, 0.25) is 0 Å². The standard InChI is InChI=1S/C15H14BrNO2/c1-2-19-14-5-3-10(4-6-14)15(18)11-7-12(16)9-13(17)8-11/h3-9H,2,17H2,1H3. The first-order valence-electron chi connectivity index (χ1n) is 5.94. The number of anilines is 1. The number of hydrogen-bond donors (Lipinski definition) is 1. The molecule has 19 heavy (non-hydrogen) atoms. The SMILES string of the molecule is CCOc1ccc(C(=O)c2cc(N)cc(Br)c2)cc1. The topological polar surface area (TPSA) is 52.3 Å². The quantitative estimate of drug-likeness (QED) is 0.691. The molecule has 0 unspecified atom stereocenters. The molecule has 0 amide bonds. The highest BCUT2D eigenvalue weighted by atomic mass is 79.9. The zero-order valence-electron chi connectivity index (χ0n) is 10.5. The summed E-state index contributed by atoms with van der Waals surface area (Å²) >= 11 is 3.33. The Morgan fingerprint density at radius 2 is 1.84 bits per heavy atom. The monoisotopic (exact) mass is 319 g/mol. The van der Waals surface area contributed by atoms with Crippen molar-refractivity contribution >= 4 is 27.4 Å². The number of carbonyl (C=O) groups is 1. The summed E-state index contributed by atoms with van der Waals surface area (Å²) in [5.41, 5.74) is 7.47. The molecule has 0 heterocycles. The molecular formula is C15H14BrNO2. The maximum Gasteiger partial charge on any atom is 0.193 e. The van der Waals surface area contributed by atoms with Crippen molar-refractivity contribution in [3.8, 4) is 5.75 Å². The molecule has 0 aliphatic heterocycles. The lowest BCUT2D eigenvalue weighted by molar-refractivity contribution is 0.103. The van der Waals surface area contributed by atoms with E-state index in [0.29, 0.717) is 23.4 Å². The van der Waals surface area contributed by atoms with Crippen molar-refractivity contribution in [1.29, 1.82) is 0 Å². The van der Waals surface area contributed by atoms with Crippen LogP contribution in [-0.2, 0) is 0 Å². The third kappa shape index (κ3) is 3.35. The fourth-order valence-electron chi connectivity index (χ4n) is 1.78. The molecule has 0 fully saturated rings. The normalized spacial score (nSPS) is 10.2. The van der Waals surface area contributed by atoms with Crippen molar-refractivity contribution in [3.05, 3.63) is 58.1 Å². The van der Waals surface area contributed by atoms with E-state index in [1.54, 1.807) is 42.5 Å². The Labute approximate surface area is 120 Å². The lowest BCUT2D eigenvalue weighted by Crippen LogP contribution is -2.02. The van der Waals surface area contributed by atoms with Gasteiger partial charge in [0.15, 0.2) is 5.78 Å². The molecule has 0 saturated carbocycles. The van der Waals surface area contributed by atoms with E-state index in [1.807, 2.05) is 6.92 Å². The van der Waals surface area contributed by atoms with Gasteiger partial charge in [-0.2, -0.15) is 0 Å². The summed E-state index contributed by atoms with van der Waals surface area (Å²) in [6, 6.07) is 12.3. The van der Waals surface area contributed by atoms with E-state index in [2.05, 4.69) is 15.9 Å². The number of ether oxygens (including phenoxy) is 1. The number of hydrogen-bond acceptors (Lipinski definition) is 3. The van der Waals surface area contributed by atoms with E-state index in [9.17, 15) is 4.79 Å². The highest BCUT2D eigenvalue weighted by Crippen LogP contribution is 2.21. The van der Waals surface area contributed by atoms with Gasteiger partial charge in [0, 0.05) is 21.3 Å². The molecule has 2 N–H and O–H groups in total. The number of ketones is 1. The zero-order chi connectivity index (χ0) is 13.8. The van der Waals surface area contributed by atoms with Crippen LogP contribution in [-0.4, -0.2) is 12.4 Å². The Balaban J connectivity index is 2.28.